The Hall–Kier alpha value is -1.62. The second kappa shape index (κ2) is 4.57. The van der Waals surface area contributed by atoms with Crippen molar-refractivity contribution in [2.24, 2.45) is 0 Å². The molecule has 0 spiro atoms. The quantitative estimate of drug-likeness (QED) is 0.824. The van der Waals surface area contributed by atoms with Gasteiger partial charge in [0.25, 0.3) is 0 Å². The summed E-state index contributed by atoms with van der Waals surface area (Å²) in [5, 5.41) is 9.39. The van der Waals surface area contributed by atoms with E-state index in [1.165, 1.54) is 4.90 Å². The summed E-state index contributed by atoms with van der Waals surface area (Å²) in [7, 11) is 0. The van der Waals surface area contributed by atoms with Crippen LogP contribution in [0.3, 0.4) is 0 Å². The predicted molar refractivity (Wildman–Crippen MR) is 67.5 cm³/mol. The van der Waals surface area contributed by atoms with Crippen LogP contribution < -0.4 is 4.90 Å². The number of aromatic nitrogens is 1. The van der Waals surface area contributed by atoms with E-state index >= 15 is 0 Å². The average molecular weight is 250 g/mol. The number of ether oxygens (including phenoxy) is 1. The molecule has 1 aromatic heterocycles. The van der Waals surface area contributed by atoms with E-state index in [-0.39, 0.29) is 12.6 Å². The summed E-state index contributed by atoms with van der Waals surface area (Å²) in [4.78, 5) is 17.7. The van der Waals surface area contributed by atoms with Crippen LogP contribution in [0.15, 0.2) is 18.5 Å². The number of rotatable bonds is 1. The van der Waals surface area contributed by atoms with E-state index in [9.17, 15) is 9.90 Å². The molecule has 5 heteroatoms. The fraction of sp³-hybridized carbons (Fsp3) is 0.538. The first-order chi connectivity index (χ1) is 8.42. The van der Waals surface area contributed by atoms with Gasteiger partial charge in [-0.25, -0.2) is 4.79 Å². The molecule has 1 atom stereocenters. The van der Waals surface area contributed by atoms with Crippen molar-refractivity contribution < 1.29 is 14.6 Å². The third-order valence-corrected chi connectivity index (χ3v) is 2.76. The molecule has 0 radical (unpaired) electrons. The highest BCUT2D eigenvalue weighted by atomic mass is 16.6. The Labute approximate surface area is 106 Å². The Morgan fingerprint density at radius 1 is 1.61 bits per heavy atom. The van der Waals surface area contributed by atoms with Crippen molar-refractivity contribution in [1.82, 2.24) is 4.98 Å². The topological polar surface area (TPSA) is 62.7 Å². The second-order valence-corrected chi connectivity index (χ2v) is 5.40. The summed E-state index contributed by atoms with van der Waals surface area (Å²) in [5.74, 6) is 0. The van der Waals surface area contributed by atoms with E-state index in [1.54, 1.807) is 18.5 Å². The molecule has 18 heavy (non-hydrogen) atoms. The smallest absolute Gasteiger partial charge is 0.415 e. The minimum Gasteiger partial charge on any atom is -0.443 e. The molecule has 0 bridgehead atoms. The lowest BCUT2D eigenvalue weighted by Gasteiger charge is -2.28. The highest BCUT2D eigenvalue weighted by molar-refractivity contribution is 5.91. The van der Waals surface area contributed by atoms with E-state index in [2.05, 4.69) is 4.98 Å². The Morgan fingerprint density at radius 2 is 2.33 bits per heavy atom. The molecular weight excluding hydrogens is 232 g/mol. The van der Waals surface area contributed by atoms with Crippen LogP contribution in [-0.2, 0) is 11.2 Å². The fourth-order valence-corrected chi connectivity index (χ4v) is 2.06. The number of fused-ring (bicyclic) bond motifs is 1. The first-order valence-electron chi connectivity index (χ1n) is 5.98. The van der Waals surface area contributed by atoms with Crippen LogP contribution in [0.1, 0.15) is 26.3 Å². The molecule has 1 amide bonds. The molecule has 5 nitrogen and oxygen atoms in total. The van der Waals surface area contributed by atoms with E-state index in [0.29, 0.717) is 6.42 Å². The first kappa shape index (κ1) is 12.8. The van der Waals surface area contributed by atoms with Crippen LogP contribution in [0.2, 0.25) is 0 Å². The van der Waals surface area contributed by atoms with Crippen molar-refractivity contribution in [3.8, 4) is 0 Å². The van der Waals surface area contributed by atoms with Gasteiger partial charge in [-0.3, -0.25) is 9.88 Å². The minimum atomic E-state index is -0.549. The number of pyridine rings is 1. The molecule has 2 heterocycles. The molecule has 1 aliphatic rings. The van der Waals surface area contributed by atoms with Crippen LogP contribution in [0.25, 0.3) is 0 Å². The highest BCUT2D eigenvalue weighted by Gasteiger charge is 2.36. The first-order valence-corrected chi connectivity index (χ1v) is 5.98. The summed E-state index contributed by atoms with van der Waals surface area (Å²) >= 11 is 0. The number of nitrogens with zero attached hydrogens (tertiary/aromatic N) is 2. The van der Waals surface area contributed by atoms with Crippen LogP contribution in [-0.4, -0.2) is 34.4 Å². The minimum absolute atomic E-state index is 0.0894. The maximum Gasteiger partial charge on any atom is 0.415 e. The van der Waals surface area contributed by atoms with Crippen molar-refractivity contribution >= 4 is 11.8 Å². The van der Waals surface area contributed by atoms with Crippen molar-refractivity contribution in [3.05, 3.63) is 24.0 Å². The molecule has 0 aliphatic carbocycles. The molecule has 0 saturated carbocycles. The van der Waals surface area contributed by atoms with Crippen molar-refractivity contribution in [2.45, 2.75) is 38.8 Å². The summed E-state index contributed by atoms with van der Waals surface area (Å²) in [6.45, 7) is 5.38. The third-order valence-electron chi connectivity index (χ3n) is 2.76. The van der Waals surface area contributed by atoms with Crippen LogP contribution in [0, 0.1) is 0 Å². The number of anilines is 1. The molecule has 1 N–H and O–H groups in total. The number of aliphatic hydroxyl groups is 1. The number of amides is 1. The molecule has 1 aliphatic heterocycles. The van der Waals surface area contributed by atoms with Crippen molar-refractivity contribution in [1.29, 1.82) is 0 Å². The SMILES string of the molecule is CC(C)(C)OC(=O)N1c2ccncc2CC1CO. The van der Waals surface area contributed by atoms with Crippen molar-refractivity contribution in [2.75, 3.05) is 11.5 Å². The Morgan fingerprint density at radius 3 is 2.94 bits per heavy atom. The maximum absolute atomic E-state index is 12.2. The van der Waals surface area contributed by atoms with E-state index in [4.69, 9.17) is 4.74 Å². The number of carbonyl (C=O) groups excluding carboxylic acids is 1. The average Bonchev–Trinajstić information content (AvgIpc) is 2.64. The molecule has 0 fully saturated rings. The largest absolute Gasteiger partial charge is 0.443 e. The van der Waals surface area contributed by atoms with Gasteiger partial charge in [-0.2, -0.15) is 0 Å². The van der Waals surface area contributed by atoms with Crippen LogP contribution in [0.5, 0.6) is 0 Å². The number of hydrogen-bond donors (Lipinski definition) is 1. The predicted octanol–water partition coefficient (Wildman–Crippen LogP) is 1.74. The second-order valence-electron chi connectivity index (χ2n) is 5.40. The van der Waals surface area contributed by atoms with Gasteiger partial charge in [0.2, 0.25) is 0 Å². The van der Waals surface area contributed by atoms with Gasteiger partial charge in [-0.15, -0.1) is 0 Å². The summed E-state index contributed by atoms with van der Waals surface area (Å²) in [6, 6.07) is 1.51. The molecule has 1 unspecified atom stereocenters. The van der Waals surface area contributed by atoms with Gasteiger partial charge >= 0.3 is 6.09 Å². The Bertz CT molecular complexity index is 454. The van der Waals surface area contributed by atoms with Gasteiger partial charge in [0.05, 0.1) is 18.3 Å². The van der Waals surface area contributed by atoms with Crippen LogP contribution >= 0.6 is 0 Å². The zero-order valence-corrected chi connectivity index (χ0v) is 10.9. The molecular formula is C13H18N2O3. The van der Waals surface area contributed by atoms with Gasteiger partial charge in [0, 0.05) is 12.4 Å². The molecule has 2 rings (SSSR count). The zero-order chi connectivity index (χ0) is 13.3. The number of carbonyl (C=O) groups is 1. The standard InChI is InChI=1S/C13H18N2O3/c1-13(2,3)18-12(17)15-10(8-16)6-9-7-14-5-4-11(9)15/h4-5,7,10,16H,6,8H2,1-3H3. The van der Waals surface area contributed by atoms with Gasteiger partial charge in [0.15, 0.2) is 0 Å². The molecule has 1 aromatic rings. The van der Waals surface area contributed by atoms with Gasteiger partial charge in [-0.05, 0) is 38.8 Å². The van der Waals surface area contributed by atoms with E-state index in [1.807, 2.05) is 20.8 Å². The normalized spacial score (nSPS) is 18.7. The Balaban J connectivity index is 2.27. The lowest BCUT2D eigenvalue weighted by atomic mass is 10.2. The van der Waals surface area contributed by atoms with Gasteiger partial charge in [0.1, 0.15) is 5.60 Å². The van der Waals surface area contributed by atoms with Gasteiger partial charge in [-0.1, -0.05) is 0 Å². The number of aliphatic hydroxyl groups excluding tert-OH is 1. The molecule has 0 saturated heterocycles. The van der Waals surface area contributed by atoms with Crippen molar-refractivity contribution in [3.63, 3.8) is 0 Å². The summed E-state index contributed by atoms with van der Waals surface area (Å²) < 4.78 is 5.37. The lowest BCUT2D eigenvalue weighted by molar-refractivity contribution is 0.0557. The zero-order valence-electron chi connectivity index (χ0n) is 10.9. The number of hydrogen-bond acceptors (Lipinski definition) is 4. The third kappa shape index (κ3) is 2.46. The molecule has 0 aromatic carbocycles. The fourth-order valence-electron chi connectivity index (χ4n) is 2.06. The Kier molecular flexibility index (Phi) is 3.26. The lowest BCUT2D eigenvalue weighted by Crippen LogP contribution is -2.43. The highest BCUT2D eigenvalue weighted by Crippen LogP contribution is 2.32. The molecule has 98 valence electrons. The van der Waals surface area contributed by atoms with E-state index < -0.39 is 11.7 Å². The van der Waals surface area contributed by atoms with E-state index in [0.717, 1.165) is 11.3 Å². The summed E-state index contributed by atoms with van der Waals surface area (Å²) in [6.07, 6.45) is 3.54. The van der Waals surface area contributed by atoms with Gasteiger partial charge < -0.3 is 9.84 Å². The maximum atomic E-state index is 12.2. The monoisotopic (exact) mass is 250 g/mol. The summed E-state index contributed by atoms with van der Waals surface area (Å²) in [5.41, 5.74) is 1.19. The van der Waals surface area contributed by atoms with Crippen LogP contribution in [0.4, 0.5) is 10.5 Å².